The van der Waals surface area contributed by atoms with Crippen molar-refractivity contribution in [2.45, 2.75) is 18.4 Å². The highest BCUT2D eigenvalue weighted by molar-refractivity contribution is 5.87. The maximum absolute atomic E-state index is 12.6. The standard InChI is InChI=1S/C20H16F2N8O4/c1-30-8-6-20(32,17(30)31)14-9-13(29-34-14)11-4-2-3-10(24-11)12-5-7-23-18(25-12)26-19-28-27-16(33-19)15(21)22/h2-5,7,9,15,32H,6,8H2,1H3,(H,23,25,26,28). The molecule has 1 unspecified atom stereocenters. The van der Waals surface area contributed by atoms with Crippen LogP contribution in [0.5, 0.6) is 0 Å². The number of aliphatic hydroxyl groups is 1. The minimum absolute atomic E-state index is 0.0315. The van der Waals surface area contributed by atoms with Crippen molar-refractivity contribution in [3.8, 4) is 22.8 Å². The molecule has 0 spiro atoms. The van der Waals surface area contributed by atoms with Gasteiger partial charge in [0.15, 0.2) is 5.76 Å². The van der Waals surface area contributed by atoms with Crippen LogP contribution in [-0.4, -0.2) is 59.8 Å². The van der Waals surface area contributed by atoms with Gasteiger partial charge in [0.05, 0.1) is 17.1 Å². The van der Waals surface area contributed by atoms with Gasteiger partial charge < -0.3 is 18.9 Å². The molecule has 0 aliphatic carbocycles. The quantitative estimate of drug-likeness (QED) is 0.426. The lowest BCUT2D eigenvalue weighted by Crippen LogP contribution is -2.35. The molecular formula is C20H16F2N8O4. The zero-order valence-corrected chi connectivity index (χ0v) is 17.5. The van der Waals surface area contributed by atoms with Crippen molar-refractivity contribution in [3.63, 3.8) is 0 Å². The van der Waals surface area contributed by atoms with Gasteiger partial charge in [-0.3, -0.25) is 10.1 Å². The summed E-state index contributed by atoms with van der Waals surface area (Å²) in [5.74, 6) is -1.21. The summed E-state index contributed by atoms with van der Waals surface area (Å²) in [6, 6.07) is 7.89. The molecule has 174 valence electrons. The van der Waals surface area contributed by atoms with Crippen molar-refractivity contribution in [2.75, 3.05) is 18.9 Å². The van der Waals surface area contributed by atoms with Crippen molar-refractivity contribution in [3.05, 3.63) is 48.2 Å². The highest BCUT2D eigenvalue weighted by Gasteiger charge is 2.48. The SMILES string of the molecule is CN1CCC(O)(c2cc(-c3cccc(-c4ccnc(Nc5nnc(C(F)F)o5)n4)n3)no2)C1=O. The van der Waals surface area contributed by atoms with Crippen LogP contribution in [0.4, 0.5) is 20.7 Å². The second-order valence-corrected chi connectivity index (χ2v) is 7.46. The van der Waals surface area contributed by atoms with E-state index in [1.165, 1.54) is 17.2 Å². The van der Waals surface area contributed by atoms with Gasteiger partial charge in [0.2, 0.25) is 11.5 Å². The Balaban J connectivity index is 1.39. The number of carbonyl (C=O) groups is 1. The fourth-order valence-corrected chi connectivity index (χ4v) is 3.42. The van der Waals surface area contributed by atoms with Crippen molar-refractivity contribution >= 4 is 17.9 Å². The Morgan fingerprint density at radius 3 is 2.62 bits per heavy atom. The van der Waals surface area contributed by atoms with Gasteiger partial charge in [-0.15, -0.1) is 5.10 Å². The Hall–Kier alpha value is -4.33. The van der Waals surface area contributed by atoms with Gasteiger partial charge in [-0.2, -0.15) is 8.78 Å². The summed E-state index contributed by atoms with van der Waals surface area (Å²) in [7, 11) is 1.60. The number of likely N-dealkylation sites (N-methyl/N-ethyl adjacent to an activating group) is 1. The van der Waals surface area contributed by atoms with Crippen molar-refractivity contribution in [2.24, 2.45) is 0 Å². The van der Waals surface area contributed by atoms with E-state index in [-0.39, 0.29) is 24.1 Å². The molecule has 1 fully saturated rings. The normalized spacial score (nSPS) is 18.1. The summed E-state index contributed by atoms with van der Waals surface area (Å²) >= 11 is 0. The molecule has 1 aliphatic rings. The summed E-state index contributed by atoms with van der Waals surface area (Å²) in [4.78, 5) is 26.5. The third-order valence-corrected chi connectivity index (χ3v) is 5.20. The molecule has 4 aromatic heterocycles. The van der Waals surface area contributed by atoms with Crippen molar-refractivity contribution in [1.82, 2.24) is 35.2 Å². The van der Waals surface area contributed by atoms with E-state index in [0.29, 0.717) is 29.3 Å². The van der Waals surface area contributed by atoms with E-state index in [1.807, 2.05) is 0 Å². The molecule has 34 heavy (non-hydrogen) atoms. The molecular weight excluding hydrogens is 454 g/mol. The average Bonchev–Trinajstić information content (AvgIpc) is 3.57. The van der Waals surface area contributed by atoms with Gasteiger partial charge in [0, 0.05) is 32.3 Å². The topological polar surface area (TPSA) is 156 Å². The van der Waals surface area contributed by atoms with E-state index in [9.17, 15) is 18.7 Å². The van der Waals surface area contributed by atoms with Crippen LogP contribution in [0.3, 0.4) is 0 Å². The van der Waals surface area contributed by atoms with E-state index in [2.05, 4.69) is 35.6 Å². The van der Waals surface area contributed by atoms with Crippen LogP contribution >= 0.6 is 0 Å². The number of alkyl halides is 2. The summed E-state index contributed by atoms with van der Waals surface area (Å²) in [5, 5.41) is 24.0. The van der Waals surface area contributed by atoms with Crippen LogP contribution in [0.1, 0.15) is 24.5 Å². The Morgan fingerprint density at radius 2 is 1.91 bits per heavy atom. The molecule has 12 nitrogen and oxygen atoms in total. The number of pyridine rings is 1. The Bertz CT molecular complexity index is 1360. The highest BCUT2D eigenvalue weighted by Crippen LogP contribution is 2.34. The van der Waals surface area contributed by atoms with E-state index in [1.54, 1.807) is 31.3 Å². The molecule has 14 heteroatoms. The number of hydrogen-bond donors (Lipinski definition) is 2. The van der Waals surface area contributed by atoms with Crippen LogP contribution in [0.15, 0.2) is 45.5 Å². The number of rotatable bonds is 6. The first-order valence-corrected chi connectivity index (χ1v) is 9.98. The lowest BCUT2D eigenvalue weighted by molar-refractivity contribution is -0.144. The third-order valence-electron chi connectivity index (χ3n) is 5.20. The zero-order valence-electron chi connectivity index (χ0n) is 17.5. The van der Waals surface area contributed by atoms with Gasteiger partial charge >= 0.3 is 12.4 Å². The highest BCUT2D eigenvalue weighted by atomic mass is 19.3. The molecule has 0 saturated carbocycles. The first kappa shape index (κ1) is 21.5. The van der Waals surface area contributed by atoms with E-state index < -0.39 is 23.8 Å². The van der Waals surface area contributed by atoms with E-state index in [0.717, 1.165) is 0 Å². The second-order valence-electron chi connectivity index (χ2n) is 7.46. The summed E-state index contributed by atoms with van der Waals surface area (Å²) < 4.78 is 35.3. The number of halogens is 2. The molecule has 1 saturated heterocycles. The van der Waals surface area contributed by atoms with Gasteiger partial charge in [-0.05, 0) is 18.2 Å². The summed E-state index contributed by atoms with van der Waals surface area (Å²) in [6.45, 7) is 0.399. The number of amides is 1. The molecule has 0 bridgehead atoms. The third kappa shape index (κ3) is 3.83. The first-order chi connectivity index (χ1) is 16.3. The maximum atomic E-state index is 12.6. The largest absolute Gasteiger partial charge is 0.402 e. The Labute approximate surface area is 189 Å². The maximum Gasteiger partial charge on any atom is 0.322 e. The number of likely N-dealkylation sites (tertiary alicyclic amines) is 1. The van der Waals surface area contributed by atoms with E-state index in [4.69, 9.17) is 8.94 Å². The molecule has 1 amide bonds. The summed E-state index contributed by atoms with van der Waals surface area (Å²) in [6.07, 6.45) is -1.26. The molecule has 0 radical (unpaired) electrons. The molecule has 1 atom stereocenters. The first-order valence-electron chi connectivity index (χ1n) is 9.98. The lowest BCUT2D eigenvalue weighted by atomic mass is 9.98. The minimum atomic E-state index is -2.90. The van der Waals surface area contributed by atoms with Gasteiger partial charge in [-0.25, -0.2) is 15.0 Å². The number of carbonyl (C=O) groups excluding carboxylic acids is 1. The fraction of sp³-hybridized carbons (Fsp3) is 0.250. The van der Waals surface area contributed by atoms with E-state index >= 15 is 0 Å². The molecule has 1 aliphatic heterocycles. The minimum Gasteiger partial charge on any atom is -0.402 e. The summed E-state index contributed by atoms with van der Waals surface area (Å²) in [5.41, 5.74) is -0.166. The number of nitrogens with zero attached hydrogens (tertiary/aromatic N) is 7. The number of anilines is 2. The van der Waals surface area contributed by atoms with Crippen LogP contribution < -0.4 is 5.32 Å². The van der Waals surface area contributed by atoms with Gasteiger partial charge in [0.25, 0.3) is 11.8 Å². The molecule has 2 N–H and O–H groups in total. The van der Waals surface area contributed by atoms with Crippen molar-refractivity contribution < 1.29 is 27.6 Å². The van der Waals surface area contributed by atoms with Crippen LogP contribution in [0, 0.1) is 0 Å². The molecule has 5 rings (SSSR count). The zero-order chi connectivity index (χ0) is 23.9. The molecule has 0 aromatic carbocycles. The van der Waals surface area contributed by atoms with Crippen molar-refractivity contribution in [1.29, 1.82) is 0 Å². The van der Waals surface area contributed by atoms with Crippen LogP contribution in [-0.2, 0) is 10.4 Å². The number of aromatic nitrogens is 6. The van der Waals surface area contributed by atoms with Gasteiger partial charge in [0.1, 0.15) is 5.69 Å². The lowest BCUT2D eigenvalue weighted by Gasteiger charge is -2.16. The van der Waals surface area contributed by atoms with Crippen LogP contribution in [0.25, 0.3) is 22.8 Å². The predicted octanol–water partition coefficient (Wildman–Crippen LogP) is 2.31. The number of hydrogen-bond acceptors (Lipinski definition) is 11. The number of nitrogens with one attached hydrogen (secondary N) is 1. The monoisotopic (exact) mass is 470 g/mol. The Morgan fingerprint density at radius 1 is 1.15 bits per heavy atom. The second kappa shape index (κ2) is 8.22. The van der Waals surface area contributed by atoms with Crippen LogP contribution in [0.2, 0.25) is 0 Å². The molecule has 5 heterocycles. The fourth-order valence-electron chi connectivity index (χ4n) is 3.42. The average molecular weight is 470 g/mol. The molecule has 4 aromatic rings. The Kier molecular flexibility index (Phi) is 5.20. The smallest absolute Gasteiger partial charge is 0.322 e. The predicted molar refractivity (Wildman–Crippen MR) is 109 cm³/mol. The van der Waals surface area contributed by atoms with Gasteiger partial charge in [-0.1, -0.05) is 16.3 Å².